The van der Waals surface area contributed by atoms with E-state index in [-0.39, 0.29) is 12.1 Å². The number of imidazole rings is 1. The van der Waals surface area contributed by atoms with Crippen LogP contribution in [-0.2, 0) is 0 Å². The minimum atomic E-state index is 0.193. The summed E-state index contributed by atoms with van der Waals surface area (Å²) in [4.78, 5) is 20.9. The Balaban J connectivity index is 1.35. The van der Waals surface area contributed by atoms with Crippen molar-refractivity contribution >= 4 is 11.5 Å². The standard InChI is InChI=1S/C21H23N9/c1-13-20(15-8-26-27-9-15)22-6-7-29(13)18-4-5-23-21(28-18)17-10-25-19-11-24-16(12-30(17)19)14-2-3-14/h4-5,8-14,20,22H,2-3,6-7H2,1H3,(H,26,27). The quantitative estimate of drug-likeness (QED) is 0.541. The Hall–Kier alpha value is -3.33. The first-order chi connectivity index (χ1) is 14.8. The third kappa shape index (κ3) is 2.93. The second-order valence-electron chi connectivity index (χ2n) is 8.09. The number of nitrogens with zero attached hydrogens (tertiary/aromatic N) is 7. The molecule has 9 nitrogen and oxygen atoms in total. The van der Waals surface area contributed by atoms with Gasteiger partial charge in [0.05, 0.1) is 30.3 Å². The van der Waals surface area contributed by atoms with Gasteiger partial charge in [-0.3, -0.25) is 14.5 Å². The molecule has 4 aromatic heterocycles. The van der Waals surface area contributed by atoms with E-state index >= 15 is 0 Å². The van der Waals surface area contributed by atoms with E-state index in [1.807, 2.05) is 37.1 Å². The van der Waals surface area contributed by atoms with Gasteiger partial charge in [-0.25, -0.2) is 15.0 Å². The van der Waals surface area contributed by atoms with Crippen molar-refractivity contribution in [3.63, 3.8) is 0 Å². The maximum atomic E-state index is 4.93. The highest BCUT2D eigenvalue weighted by Gasteiger charge is 2.30. The predicted octanol–water partition coefficient (Wildman–Crippen LogP) is 2.33. The molecule has 2 aliphatic rings. The summed E-state index contributed by atoms with van der Waals surface area (Å²) in [5, 5.41) is 10.6. The van der Waals surface area contributed by atoms with Crippen LogP contribution < -0.4 is 10.2 Å². The predicted molar refractivity (Wildman–Crippen MR) is 112 cm³/mol. The molecule has 0 amide bonds. The van der Waals surface area contributed by atoms with Crippen molar-refractivity contribution in [3.8, 4) is 11.5 Å². The summed E-state index contributed by atoms with van der Waals surface area (Å²) < 4.78 is 2.06. The van der Waals surface area contributed by atoms with Crippen LogP contribution in [0.3, 0.4) is 0 Å². The zero-order chi connectivity index (χ0) is 20.1. The molecule has 6 rings (SSSR count). The Morgan fingerprint density at radius 2 is 2.03 bits per heavy atom. The molecule has 9 heteroatoms. The molecule has 0 aromatic carbocycles. The fourth-order valence-corrected chi connectivity index (χ4v) is 4.34. The smallest absolute Gasteiger partial charge is 0.180 e. The number of nitrogens with one attached hydrogen (secondary N) is 2. The van der Waals surface area contributed by atoms with Gasteiger partial charge in [-0.2, -0.15) is 5.10 Å². The average molecular weight is 401 g/mol. The SMILES string of the molecule is CC1C(c2cn[nH]c2)NCCN1c1ccnc(-c2cnc3cnc(C4CC4)cn23)n1. The molecule has 2 atom stereocenters. The number of anilines is 1. The lowest BCUT2D eigenvalue weighted by atomic mass is 10.00. The van der Waals surface area contributed by atoms with Gasteiger partial charge in [0.25, 0.3) is 0 Å². The minimum Gasteiger partial charge on any atom is -0.351 e. The lowest BCUT2D eigenvalue weighted by Crippen LogP contribution is -2.52. The Morgan fingerprint density at radius 3 is 2.87 bits per heavy atom. The lowest BCUT2D eigenvalue weighted by molar-refractivity contribution is 0.389. The van der Waals surface area contributed by atoms with Gasteiger partial charge >= 0.3 is 0 Å². The van der Waals surface area contributed by atoms with E-state index in [1.54, 1.807) is 0 Å². The van der Waals surface area contributed by atoms with Gasteiger partial charge in [-0.15, -0.1) is 0 Å². The van der Waals surface area contributed by atoms with E-state index in [2.05, 4.69) is 52.9 Å². The first-order valence-corrected chi connectivity index (χ1v) is 10.4. The number of aromatic nitrogens is 7. The zero-order valence-corrected chi connectivity index (χ0v) is 16.7. The van der Waals surface area contributed by atoms with Crippen molar-refractivity contribution in [2.75, 3.05) is 18.0 Å². The van der Waals surface area contributed by atoms with Gasteiger partial charge in [-0.05, 0) is 25.8 Å². The van der Waals surface area contributed by atoms with Gasteiger partial charge in [-0.1, -0.05) is 0 Å². The molecule has 1 aliphatic carbocycles. The first kappa shape index (κ1) is 17.5. The largest absolute Gasteiger partial charge is 0.351 e. The van der Waals surface area contributed by atoms with Gasteiger partial charge < -0.3 is 10.2 Å². The highest BCUT2D eigenvalue weighted by atomic mass is 15.3. The summed E-state index contributed by atoms with van der Waals surface area (Å²) in [6.07, 6.45) is 13.9. The molecule has 0 radical (unpaired) electrons. The number of piperazine rings is 1. The third-order valence-corrected chi connectivity index (χ3v) is 6.15. The van der Waals surface area contributed by atoms with Gasteiger partial charge in [0, 0.05) is 49.2 Å². The van der Waals surface area contributed by atoms with Crippen LogP contribution in [0.1, 0.15) is 43.0 Å². The molecule has 2 N–H and O–H groups in total. The molecular weight excluding hydrogens is 378 g/mol. The molecule has 2 fully saturated rings. The summed E-state index contributed by atoms with van der Waals surface area (Å²) in [5.74, 6) is 2.19. The molecule has 2 unspecified atom stereocenters. The molecule has 1 saturated heterocycles. The van der Waals surface area contributed by atoms with Gasteiger partial charge in [0.1, 0.15) is 11.5 Å². The summed E-state index contributed by atoms with van der Waals surface area (Å²) in [6, 6.07) is 2.41. The summed E-state index contributed by atoms with van der Waals surface area (Å²) in [7, 11) is 0. The zero-order valence-electron chi connectivity index (χ0n) is 16.7. The van der Waals surface area contributed by atoms with E-state index in [0.29, 0.717) is 11.7 Å². The van der Waals surface area contributed by atoms with Crippen LogP contribution in [-0.4, -0.2) is 53.7 Å². The normalized spacial score (nSPS) is 22.0. The number of rotatable bonds is 4. The van der Waals surface area contributed by atoms with E-state index < -0.39 is 0 Å². The van der Waals surface area contributed by atoms with Crippen molar-refractivity contribution in [2.45, 2.75) is 37.8 Å². The molecule has 4 aromatic rings. The Kier molecular flexibility index (Phi) is 4.02. The van der Waals surface area contributed by atoms with Gasteiger partial charge in [0.2, 0.25) is 0 Å². The second kappa shape index (κ2) is 6.88. The van der Waals surface area contributed by atoms with Crippen molar-refractivity contribution < 1.29 is 0 Å². The maximum absolute atomic E-state index is 4.93. The van der Waals surface area contributed by atoms with Crippen LogP contribution in [0.2, 0.25) is 0 Å². The number of hydrogen-bond donors (Lipinski definition) is 2. The van der Waals surface area contributed by atoms with E-state index in [0.717, 1.165) is 41.5 Å². The van der Waals surface area contributed by atoms with Crippen molar-refractivity contribution in [1.82, 2.24) is 39.9 Å². The second-order valence-corrected chi connectivity index (χ2v) is 8.09. The first-order valence-electron chi connectivity index (χ1n) is 10.4. The third-order valence-electron chi connectivity index (χ3n) is 6.15. The molecule has 0 bridgehead atoms. The summed E-state index contributed by atoms with van der Waals surface area (Å²) >= 11 is 0. The number of H-pyrrole nitrogens is 1. The van der Waals surface area contributed by atoms with E-state index in [1.165, 1.54) is 12.8 Å². The van der Waals surface area contributed by atoms with Gasteiger partial charge in [0.15, 0.2) is 11.5 Å². The van der Waals surface area contributed by atoms with Crippen molar-refractivity contribution in [1.29, 1.82) is 0 Å². The molecule has 30 heavy (non-hydrogen) atoms. The Morgan fingerprint density at radius 1 is 1.10 bits per heavy atom. The molecular formula is C21H23N9. The number of hydrogen-bond acceptors (Lipinski definition) is 7. The highest BCUT2D eigenvalue weighted by molar-refractivity contribution is 5.58. The monoisotopic (exact) mass is 401 g/mol. The van der Waals surface area contributed by atoms with Crippen LogP contribution in [0, 0.1) is 0 Å². The number of fused-ring (bicyclic) bond motifs is 1. The fraction of sp³-hybridized carbons (Fsp3) is 0.381. The van der Waals surface area contributed by atoms with E-state index in [9.17, 15) is 0 Å². The molecule has 1 aliphatic heterocycles. The number of aromatic amines is 1. The van der Waals surface area contributed by atoms with E-state index in [4.69, 9.17) is 4.98 Å². The fourth-order valence-electron chi connectivity index (χ4n) is 4.34. The summed E-state index contributed by atoms with van der Waals surface area (Å²) in [6.45, 7) is 3.98. The highest BCUT2D eigenvalue weighted by Crippen LogP contribution is 2.39. The molecule has 5 heterocycles. The molecule has 0 spiro atoms. The Bertz CT molecular complexity index is 1180. The maximum Gasteiger partial charge on any atom is 0.180 e. The lowest BCUT2D eigenvalue weighted by Gasteiger charge is -2.40. The van der Waals surface area contributed by atoms with Crippen molar-refractivity contribution in [2.24, 2.45) is 0 Å². The van der Waals surface area contributed by atoms with Crippen molar-refractivity contribution in [3.05, 3.63) is 54.5 Å². The van der Waals surface area contributed by atoms with Crippen LogP contribution in [0.25, 0.3) is 17.2 Å². The topological polar surface area (TPSA) is 99.9 Å². The van der Waals surface area contributed by atoms with Crippen LogP contribution in [0.4, 0.5) is 5.82 Å². The Labute approximate surface area is 173 Å². The average Bonchev–Trinajstić information content (AvgIpc) is 3.32. The molecule has 152 valence electrons. The van der Waals surface area contributed by atoms with Crippen LogP contribution in [0.5, 0.6) is 0 Å². The van der Waals surface area contributed by atoms with Crippen LogP contribution >= 0.6 is 0 Å². The molecule has 1 saturated carbocycles. The van der Waals surface area contributed by atoms with Crippen LogP contribution in [0.15, 0.2) is 43.2 Å². The minimum absolute atomic E-state index is 0.193. The summed E-state index contributed by atoms with van der Waals surface area (Å²) in [5.41, 5.74) is 3.99.